The van der Waals surface area contributed by atoms with E-state index in [0.29, 0.717) is 0 Å². The van der Waals surface area contributed by atoms with Gasteiger partial charge in [0.2, 0.25) is 0 Å². The molecule has 11 heavy (non-hydrogen) atoms. The molecule has 0 saturated carbocycles. The minimum Gasteiger partial charge on any atom is -0.0955 e. The lowest BCUT2D eigenvalue weighted by Gasteiger charge is -2.00. The molecule has 1 heteroatoms. The number of benzene rings is 1. The predicted octanol–water partition coefficient (Wildman–Crippen LogP) is 1.56. The van der Waals surface area contributed by atoms with E-state index in [2.05, 4.69) is 37.4 Å². The molecule has 0 spiro atoms. The first-order valence-electron chi connectivity index (χ1n) is 3.99. The average Bonchev–Trinajstić information content (AvgIpc) is 2.05. The number of hydrogen-bond donors (Lipinski definition) is 0. The van der Waals surface area contributed by atoms with Gasteiger partial charge in [-0.2, -0.15) is 0 Å². The van der Waals surface area contributed by atoms with Crippen molar-refractivity contribution in [1.82, 2.24) is 0 Å². The Morgan fingerprint density at radius 2 is 1.82 bits per heavy atom. The van der Waals surface area contributed by atoms with E-state index in [9.17, 15) is 0 Å². The minimum absolute atomic E-state index is 0.0210. The maximum absolute atomic E-state index is 3.89. The third-order valence-electron chi connectivity index (χ3n) is 1.85. The van der Waals surface area contributed by atoms with Crippen molar-refractivity contribution in [3.63, 3.8) is 0 Å². The SMILES string of the molecule is C=C(C)c1ccc([SiH2]C)cc1. The van der Waals surface area contributed by atoms with Crippen LogP contribution in [0.25, 0.3) is 5.57 Å². The highest BCUT2D eigenvalue weighted by Crippen LogP contribution is 2.08. The molecule has 0 nitrogen and oxygen atoms in total. The summed E-state index contributed by atoms with van der Waals surface area (Å²) >= 11 is 0. The Kier molecular flexibility index (Phi) is 2.66. The molecular weight excluding hydrogens is 148 g/mol. The zero-order valence-electron chi connectivity index (χ0n) is 7.22. The van der Waals surface area contributed by atoms with Gasteiger partial charge in [-0.3, -0.25) is 0 Å². The third kappa shape index (κ3) is 2.05. The van der Waals surface area contributed by atoms with E-state index in [1.807, 2.05) is 6.92 Å². The van der Waals surface area contributed by atoms with Gasteiger partial charge in [0.1, 0.15) is 0 Å². The average molecular weight is 162 g/mol. The Labute approximate surface area is 70.8 Å². The fraction of sp³-hybridized carbons (Fsp3) is 0.200. The second kappa shape index (κ2) is 3.53. The van der Waals surface area contributed by atoms with Crippen molar-refractivity contribution in [3.05, 3.63) is 36.4 Å². The number of rotatable bonds is 2. The van der Waals surface area contributed by atoms with E-state index in [1.54, 1.807) is 0 Å². The van der Waals surface area contributed by atoms with Crippen molar-refractivity contribution < 1.29 is 0 Å². The molecule has 1 aromatic rings. The van der Waals surface area contributed by atoms with Crippen molar-refractivity contribution in [2.24, 2.45) is 0 Å². The minimum atomic E-state index is 0.0210. The van der Waals surface area contributed by atoms with Crippen molar-refractivity contribution in [2.75, 3.05) is 0 Å². The zero-order valence-corrected chi connectivity index (χ0v) is 8.64. The first-order valence-corrected chi connectivity index (χ1v) is 6.11. The molecule has 0 aliphatic rings. The summed E-state index contributed by atoms with van der Waals surface area (Å²) in [7, 11) is 0.0210. The first-order chi connectivity index (χ1) is 5.24. The molecule has 0 atom stereocenters. The fourth-order valence-electron chi connectivity index (χ4n) is 1.02. The highest BCUT2D eigenvalue weighted by molar-refractivity contribution is 6.51. The molecule has 0 amide bonds. The van der Waals surface area contributed by atoms with Gasteiger partial charge in [-0.25, -0.2) is 0 Å². The summed E-state index contributed by atoms with van der Waals surface area (Å²) in [6, 6.07) is 8.76. The third-order valence-corrected chi connectivity index (χ3v) is 3.14. The van der Waals surface area contributed by atoms with Gasteiger partial charge < -0.3 is 0 Å². The molecule has 0 aromatic heterocycles. The van der Waals surface area contributed by atoms with E-state index in [4.69, 9.17) is 0 Å². The Morgan fingerprint density at radius 1 is 1.27 bits per heavy atom. The maximum atomic E-state index is 3.89. The second-order valence-electron chi connectivity index (χ2n) is 2.83. The summed E-state index contributed by atoms with van der Waals surface area (Å²) in [6.07, 6.45) is 0. The molecule has 0 unspecified atom stereocenters. The molecule has 0 aliphatic carbocycles. The smallest absolute Gasteiger partial charge is 0.0517 e. The molecule has 1 aromatic carbocycles. The molecule has 0 aliphatic heterocycles. The monoisotopic (exact) mass is 162 g/mol. The van der Waals surface area contributed by atoms with E-state index < -0.39 is 0 Å². The molecule has 58 valence electrons. The zero-order chi connectivity index (χ0) is 8.27. The summed E-state index contributed by atoms with van der Waals surface area (Å²) < 4.78 is 0. The summed E-state index contributed by atoms with van der Waals surface area (Å²) in [5.74, 6) is 0. The van der Waals surface area contributed by atoms with Gasteiger partial charge in [0.05, 0.1) is 9.52 Å². The quantitative estimate of drug-likeness (QED) is 0.579. The van der Waals surface area contributed by atoms with Crippen LogP contribution in [-0.4, -0.2) is 9.52 Å². The molecule has 0 bridgehead atoms. The van der Waals surface area contributed by atoms with E-state index >= 15 is 0 Å². The highest BCUT2D eigenvalue weighted by Gasteiger charge is 1.92. The summed E-state index contributed by atoms with van der Waals surface area (Å²) in [5, 5.41) is 1.52. The lowest BCUT2D eigenvalue weighted by Crippen LogP contribution is -2.08. The van der Waals surface area contributed by atoms with Gasteiger partial charge in [-0.15, -0.1) is 0 Å². The normalized spacial score (nSPS) is 10.7. The van der Waals surface area contributed by atoms with Crippen molar-refractivity contribution in [3.8, 4) is 0 Å². The fourth-order valence-corrected chi connectivity index (χ4v) is 1.73. The largest absolute Gasteiger partial charge is 0.0955 e. The van der Waals surface area contributed by atoms with Gasteiger partial charge in [0, 0.05) is 0 Å². The molecule has 0 heterocycles. The van der Waals surface area contributed by atoms with Crippen LogP contribution in [0.15, 0.2) is 30.8 Å². The Balaban J connectivity index is 2.91. The topological polar surface area (TPSA) is 0 Å². The lowest BCUT2D eigenvalue weighted by molar-refractivity contribution is 1.60. The summed E-state index contributed by atoms with van der Waals surface area (Å²) in [5.41, 5.74) is 2.41. The van der Waals surface area contributed by atoms with Gasteiger partial charge >= 0.3 is 0 Å². The van der Waals surface area contributed by atoms with Crippen molar-refractivity contribution >= 4 is 20.3 Å². The standard InChI is InChI=1S/C10H14Si/c1-8(2)9-4-6-10(11-3)7-5-9/h4-7H,1,11H2,2-3H3. The van der Waals surface area contributed by atoms with Gasteiger partial charge in [0.25, 0.3) is 0 Å². The molecule has 0 saturated heterocycles. The van der Waals surface area contributed by atoms with E-state index in [-0.39, 0.29) is 9.52 Å². The van der Waals surface area contributed by atoms with Crippen LogP contribution in [0.3, 0.4) is 0 Å². The Morgan fingerprint density at radius 3 is 2.18 bits per heavy atom. The van der Waals surface area contributed by atoms with Crippen LogP contribution in [0.2, 0.25) is 6.55 Å². The van der Waals surface area contributed by atoms with Gasteiger partial charge in [-0.05, 0) is 12.5 Å². The summed E-state index contributed by atoms with van der Waals surface area (Å²) in [4.78, 5) is 0. The van der Waals surface area contributed by atoms with Crippen LogP contribution in [0.1, 0.15) is 12.5 Å². The Bertz CT molecular complexity index is 246. The van der Waals surface area contributed by atoms with Crippen LogP contribution in [0.5, 0.6) is 0 Å². The van der Waals surface area contributed by atoms with Crippen LogP contribution in [0, 0.1) is 0 Å². The molecule has 0 radical (unpaired) electrons. The van der Waals surface area contributed by atoms with Crippen LogP contribution in [0.4, 0.5) is 0 Å². The van der Waals surface area contributed by atoms with Crippen LogP contribution < -0.4 is 5.19 Å². The second-order valence-corrected chi connectivity index (χ2v) is 4.35. The molecule has 0 fully saturated rings. The molecule has 1 rings (SSSR count). The van der Waals surface area contributed by atoms with Crippen molar-refractivity contribution in [2.45, 2.75) is 13.5 Å². The maximum Gasteiger partial charge on any atom is 0.0517 e. The molecule has 0 N–H and O–H groups in total. The molecular formula is C10H14Si. The van der Waals surface area contributed by atoms with Gasteiger partial charge in [0.15, 0.2) is 0 Å². The summed E-state index contributed by atoms with van der Waals surface area (Å²) in [6.45, 7) is 8.23. The van der Waals surface area contributed by atoms with Gasteiger partial charge in [-0.1, -0.05) is 48.2 Å². The van der Waals surface area contributed by atoms with Crippen molar-refractivity contribution in [1.29, 1.82) is 0 Å². The van der Waals surface area contributed by atoms with E-state index in [1.165, 1.54) is 10.8 Å². The first kappa shape index (κ1) is 8.28. The van der Waals surface area contributed by atoms with Crippen LogP contribution in [-0.2, 0) is 0 Å². The lowest BCUT2D eigenvalue weighted by atomic mass is 10.1. The van der Waals surface area contributed by atoms with E-state index in [0.717, 1.165) is 5.57 Å². The predicted molar refractivity (Wildman–Crippen MR) is 55.2 cm³/mol. The highest BCUT2D eigenvalue weighted by atomic mass is 28.2. The van der Waals surface area contributed by atoms with Crippen LogP contribution >= 0.6 is 0 Å². The number of allylic oxidation sites excluding steroid dienone is 1. The Hall–Kier alpha value is -0.823. The number of hydrogen-bond acceptors (Lipinski definition) is 0.